The second-order valence-corrected chi connectivity index (χ2v) is 6.21. The lowest BCUT2D eigenvalue weighted by atomic mass is 9.83. The molecule has 0 saturated carbocycles. The summed E-state index contributed by atoms with van der Waals surface area (Å²) >= 11 is 0. The molecule has 1 aliphatic heterocycles. The molecule has 0 radical (unpaired) electrons. The van der Waals surface area contributed by atoms with E-state index in [9.17, 15) is 15.0 Å². The van der Waals surface area contributed by atoms with Gasteiger partial charge in [-0.05, 0) is 26.0 Å². The highest BCUT2D eigenvalue weighted by Gasteiger charge is 2.34. The van der Waals surface area contributed by atoms with Crippen LogP contribution in [0, 0.1) is 5.92 Å². The van der Waals surface area contributed by atoms with Gasteiger partial charge < -0.3 is 20.3 Å². The average Bonchev–Trinajstić information content (AvgIpc) is 2.49. The Bertz CT molecular complexity index is 560. The molecule has 1 aliphatic rings. The van der Waals surface area contributed by atoms with Crippen LogP contribution in [0.4, 0.5) is 0 Å². The molecule has 5 nitrogen and oxygen atoms in total. The van der Waals surface area contributed by atoms with Crippen LogP contribution in [-0.2, 0) is 9.53 Å². The first-order chi connectivity index (χ1) is 10.4. The van der Waals surface area contributed by atoms with Gasteiger partial charge in [0.15, 0.2) is 11.5 Å². The minimum absolute atomic E-state index is 0.214. The average molecular weight is 306 g/mol. The number of esters is 1. The fraction of sp³-hybridized carbons (Fsp3) is 0.471. The molecule has 22 heavy (non-hydrogen) atoms. The molecule has 120 valence electrons. The van der Waals surface area contributed by atoms with E-state index in [1.54, 1.807) is 12.1 Å². The molecule has 1 saturated heterocycles. The summed E-state index contributed by atoms with van der Waals surface area (Å²) in [6.45, 7) is 6.03. The van der Waals surface area contributed by atoms with Crippen LogP contribution in [-0.4, -0.2) is 34.9 Å². The first kappa shape index (κ1) is 16.4. The molecule has 1 aromatic carbocycles. The van der Waals surface area contributed by atoms with E-state index in [4.69, 9.17) is 4.74 Å². The highest BCUT2D eigenvalue weighted by Crippen LogP contribution is 2.30. The van der Waals surface area contributed by atoms with Gasteiger partial charge in [0.25, 0.3) is 0 Å². The molecule has 0 aromatic heterocycles. The Balaban J connectivity index is 1.99. The molecule has 2 rings (SSSR count). The molecular formula is C17H24NO4+. The van der Waals surface area contributed by atoms with E-state index in [2.05, 4.69) is 5.32 Å². The van der Waals surface area contributed by atoms with Crippen molar-refractivity contribution in [2.75, 3.05) is 13.1 Å². The Labute approximate surface area is 130 Å². The van der Waals surface area contributed by atoms with E-state index in [0.717, 1.165) is 25.9 Å². The van der Waals surface area contributed by atoms with Gasteiger partial charge in [0.1, 0.15) is 5.60 Å². The summed E-state index contributed by atoms with van der Waals surface area (Å²) in [6, 6.07) is 4.59. The summed E-state index contributed by atoms with van der Waals surface area (Å²) in [4.78, 5) is 12.0. The number of nitrogens with two attached hydrogens (primary N) is 1. The number of para-hydroxylation sites is 1. The zero-order valence-corrected chi connectivity index (χ0v) is 13.1. The van der Waals surface area contributed by atoms with Gasteiger partial charge in [-0.2, -0.15) is 0 Å². The van der Waals surface area contributed by atoms with E-state index in [1.807, 2.05) is 13.8 Å². The van der Waals surface area contributed by atoms with Gasteiger partial charge in [-0.1, -0.05) is 12.1 Å². The zero-order chi connectivity index (χ0) is 16.2. The standard InChI is InChI=1S/C17H23NO4/c1-17(2,13-8-10-18-11-9-13)22-15(20)7-6-12-4-3-5-14(19)16(12)21/h3-7,13,18-19,21H,8-11H2,1-2H3/p+1/b7-6+. The lowest BCUT2D eigenvalue weighted by Crippen LogP contribution is -2.86. The highest BCUT2D eigenvalue weighted by molar-refractivity contribution is 5.88. The van der Waals surface area contributed by atoms with Crippen molar-refractivity contribution in [2.24, 2.45) is 5.92 Å². The number of piperidine rings is 1. The maximum Gasteiger partial charge on any atom is 0.331 e. The van der Waals surface area contributed by atoms with E-state index in [-0.39, 0.29) is 11.5 Å². The molecule has 0 unspecified atom stereocenters. The third-order valence-corrected chi connectivity index (χ3v) is 4.23. The third-order valence-electron chi connectivity index (χ3n) is 4.23. The van der Waals surface area contributed by atoms with Crippen LogP contribution in [0.3, 0.4) is 0 Å². The minimum atomic E-state index is -0.503. The maximum atomic E-state index is 12.0. The Hall–Kier alpha value is -2.01. The van der Waals surface area contributed by atoms with Crippen LogP contribution >= 0.6 is 0 Å². The summed E-state index contributed by atoms with van der Waals surface area (Å²) in [7, 11) is 0. The second kappa shape index (κ2) is 6.83. The predicted molar refractivity (Wildman–Crippen MR) is 83.4 cm³/mol. The smallest absolute Gasteiger partial charge is 0.331 e. The van der Waals surface area contributed by atoms with Gasteiger partial charge in [0.05, 0.1) is 13.1 Å². The molecule has 0 aliphatic carbocycles. The quantitative estimate of drug-likeness (QED) is 0.446. The number of carbonyl (C=O) groups is 1. The molecule has 1 heterocycles. The number of benzene rings is 1. The van der Waals surface area contributed by atoms with E-state index >= 15 is 0 Å². The number of hydrogen-bond acceptors (Lipinski definition) is 4. The number of ether oxygens (including phenoxy) is 1. The largest absolute Gasteiger partial charge is 0.504 e. The Kier molecular flexibility index (Phi) is 5.08. The third kappa shape index (κ3) is 4.01. The van der Waals surface area contributed by atoms with E-state index in [1.165, 1.54) is 18.2 Å². The van der Waals surface area contributed by atoms with Crippen molar-refractivity contribution >= 4 is 12.0 Å². The van der Waals surface area contributed by atoms with Crippen LogP contribution < -0.4 is 5.32 Å². The SMILES string of the molecule is CC(C)(OC(=O)/C=C/c1cccc(O)c1O)C1CC[NH2+]CC1. The van der Waals surface area contributed by atoms with Crippen molar-refractivity contribution in [3.8, 4) is 11.5 Å². The number of phenols is 2. The van der Waals surface area contributed by atoms with E-state index < -0.39 is 11.6 Å². The minimum Gasteiger partial charge on any atom is -0.504 e. The van der Waals surface area contributed by atoms with Gasteiger partial charge in [-0.15, -0.1) is 0 Å². The first-order valence-corrected chi connectivity index (χ1v) is 7.64. The van der Waals surface area contributed by atoms with Crippen molar-refractivity contribution in [3.63, 3.8) is 0 Å². The van der Waals surface area contributed by atoms with Gasteiger partial charge in [-0.25, -0.2) is 4.79 Å². The molecule has 1 fully saturated rings. The number of phenolic OH excluding ortho intramolecular Hbond substituents is 2. The topological polar surface area (TPSA) is 83.4 Å². The van der Waals surface area contributed by atoms with Crippen LogP contribution in [0.5, 0.6) is 11.5 Å². The lowest BCUT2D eigenvalue weighted by Gasteiger charge is -2.35. The molecular weight excluding hydrogens is 282 g/mol. The number of carbonyl (C=O) groups excluding carboxylic acids is 1. The number of quaternary nitrogens is 1. The van der Waals surface area contributed by atoms with Gasteiger partial charge in [0.2, 0.25) is 0 Å². The Morgan fingerprint density at radius 1 is 1.32 bits per heavy atom. The summed E-state index contributed by atoms with van der Waals surface area (Å²) in [5, 5.41) is 21.4. The van der Waals surface area contributed by atoms with Crippen molar-refractivity contribution in [1.82, 2.24) is 0 Å². The van der Waals surface area contributed by atoms with E-state index in [0.29, 0.717) is 11.5 Å². The molecule has 0 atom stereocenters. The van der Waals surface area contributed by atoms with Crippen LogP contribution in [0.1, 0.15) is 32.3 Å². The Morgan fingerprint density at radius 2 is 2.00 bits per heavy atom. The van der Waals surface area contributed by atoms with Gasteiger partial charge in [-0.3, -0.25) is 0 Å². The second-order valence-electron chi connectivity index (χ2n) is 6.21. The number of rotatable bonds is 4. The van der Waals surface area contributed by atoms with Gasteiger partial charge >= 0.3 is 5.97 Å². The van der Waals surface area contributed by atoms with Crippen molar-refractivity contribution in [3.05, 3.63) is 29.8 Å². The molecule has 0 bridgehead atoms. The first-order valence-electron chi connectivity index (χ1n) is 7.64. The fourth-order valence-corrected chi connectivity index (χ4v) is 2.84. The molecule has 0 amide bonds. The van der Waals surface area contributed by atoms with Gasteiger partial charge in [0, 0.05) is 30.4 Å². The predicted octanol–water partition coefficient (Wildman–Crippen LogP) is 1.41. The summed E-state index contributed by atoms with van der Waals surface area (Å²) in [5.74, 6) is -0.533. The molecule has 0 spiro atoms. The zero-order valence-electron chi connectivity index (χ0n) is 13.1. The summed E-state index contributed by atoms with van der Waals surface area (Å²) < 4.78 is 5.59. The molecule has 4 N–H and O–H groups in total. The van der Waals surface area contributed by atoms with Crippen molar-refractivity contribution in [1.29, 1.82) is 0 Å². The number of aromatic hydroxyl groups is 2. The molecule has 5 heteroatoms. The van der Waals surface area contributed by atoms with Crippen LogP contribution in [0.25, 0.3) is 6.08 Å². The summed E-state index contributed by atoms with van der Waals surface area (Å²) in [5.41, 5.74) is -0.127. The van der Waals surface area contributed by atoms with Crippen molar-refractivity contribution < 1.29 is 25.1 Å². The normalized spacial score (nSPS) is 16.8. The van der Waals surface area contributed by atoms with Crippen LogP contribution in [0.15, 0.2) is 24.3 Å². The van der Waals surface area contributed by atoms with Crippen LogP contribution in [0.2, 0.25) is 0 Å². The fourth-order valence-electron chi connectivity index (χ4n) is 2.84. The highest BCUT2D eigenvalue weighted by atomic mass is 16.6. The summed E-state index contributed by atoms with van der Waals surface area (Å²) in [6.07, 6.45) is 4.81. The molecule has 1 aromatic rings. The lowest BCUT2D eigenvalue weighted by molar-refractivity contribution is -0.665. The Morgan fingerprint density at radius 3 is 2.68 bits per heavy atom. The number of hydrogen-bond donors (Lipinski definition) is 3. The van der Waals surface area contributed by atoms with Crippen molar-refractivity contribution in [2.45, 2.75) is 32.3 Å². The maximum absolute atomic E-state index is 12.0. The monoisotopic (exact) mass is 306 g/mol.